The molecule has 0 spiro atoms. The molecule has 2 N–H and O–H groups in total. The lowest BCUT2D eigenvalue weighted by atomic mass is 9.87. The van der Waals surface area contributed by atoms with Gasteiger partial charge in [-0.1, -0.05) is 58.5 Å². The van der Waals surface area contributed by atoms with E-state index in [1.165, 1.54) is 5.56 Å². The van der Waals surface area contributed by atoms with Crippen LogP contribution in [0.2, 0.25) is 0 Å². The van der Waals surface area contributed by atoms with Gasteiger partial charge in [0.25, 0.3) is 5.91 Å². The smallest absolute Gasteiger partial charge is 0.267 e. The molecule has 0 radical (unpaired) electrons. The zero-order valence-electron chi connectivity index (χ0n) is 18.9. The fourth-order valence-electron chi connectivity index (χ4n) is 3.46. The Kier molecular flexibility index (Phi) is 6.91. The summed E-state index contributed by atoms with van der Waals surface area (Å²) in [6, 6.07) is 8.26. The number of hydrogen-bond donors (Lipinski definition) is 2. The number of rotatable bonds is 8. The second kappa shape index (κ2) is 9.25. The van der Waals surface area contributed by atoms with Crippen LogP contribution in [-0.4, -0.2) is 38.5 Å². The van der Waals surface area contributed by atoms with Crippen LogP contribution in [0.3, 0.4) is 0 Å². The van der Waals surface area contributed by atoms with Crippen LogP contribution in [0.5, 0.6) is 0 Å². The van der Waals surface area contributed by atoms with Crippen molar-refractivity contribution in [2.24, 2.45) is 5.92 Å². The Morgan fingerprint density at radius 2 is 2.00 bits per heavy atom. The van der Waals surface area contributed by atoms with E-state index in [0.717, 1.165) is 41.3 Å². The first kappa shape index (κ1) is 22.4. The van der Waals surface area contributed by atoms with Crippen molar-refractivity contribution < 1.29 is 4.79 Å². The average molecular weight is 428 g/mol. The van der Waals surface area contributed by atoms with Crippen molar-refractivity contribution in [1.29, 1.82) is 0 Å². The molecular formula is C23H33N5OS. The van der Waals surface area contributed by atoms with Gasteiger partial charge in [0.2, 0.25) is 0 Å². The fourth-order valence-corrected chi connectivity index (χ4v) is 3.99. The maximum atomic E-state index is 12.6. The number of benzene rings is 1. The zero-order valence-corrected chi connectivity index (χ0v) is 19.7. The van der Waals surface area contributed by atoms with Gasteiger partial charge in [-0.25, -0.2) is 0 Å². The summed E-state index contributed by atoms with van der Waals surface area (Å²) in [5.41, 5.74) is 2.93. The summed E-state index contributed by atoms with van der Waals surface area (Å²) in [5, 5.41) is 13.7. The first-order valence-corrected chi connectivity index (χ1v) is 11.8. The van der Waals surface area contributed by atoms with Crippen LogP contribution in [0.1, 0.15) is 62.9 Å². The summed E-state index contributed by atoms with van der Waals surface area (Å²) in [6.45, 7) is 12.5. The zero-order chi connectivity index (χ0) is 21.9. The van der Waals surface area contributed by atoms with Gasteiger partial charge in [0.1, 0.15) is 11.5 Å². The molecule has 0 saturated carbocycles. The van der Waals surface area contributed by atoms with Gasteiger partial charge in [0.05, 0.1) is 0 Å². The molecule has 1 aromatic carbocycles. The van der Waals surface area contributed by atoms with Gasteiger partial charge in [-0.2, -0.15) is 0 Å². The highest BCUT2D eigenvalue weighted by molar-refractivity contribution is 7.98. The van der Waals surface area contributed by atoms with Crippen LogP contribution < -0.4 is 5.32 Å². The predicted octanol–water partition coefficient (Wildman–Crippen LogP) is 4.80. The van der Waals surface area contributed by atoms with E-state index >= 15 is 0 Å². The standard InChI is InChI=1S/C23H33N5OS/c1-15(2)14-28-20(26-27-22(28)30-6)8-7-11-24-21(29)19-12-16-9-10-17(23(3,4)5)13-18(16)25-19/h9-10,12-13,15,25H,7-8,11,14H2,1-6H3,(H,24,29). The normalized spacial score (nSPS) is 12.1. The lowest BCUT2D eigenvalue weighted by Gasteiger charge is -2.18. The van der Waals surface area contributed by atoms with E-state index in [1.54, 1.807) is 11.8 Å². The van der Waals surface area contributed by atoms with Gasteiger partial charge >= 0.3 is 0 Å². The molecule has 0 saturated heterocycles. The van der Waals surface area contributed by atoms with Crippen molar-refractivity contribution in [3.05, 3.63) is 41.3 Å². The van der Waals surface area contributed by atoms with Gasteiger partial charge in [0.15, 0.2) is 5.16 Å². The molecule has 0 aliphatic carbocycles. The minimum atomic E-state index is -0.0723. The van der Waals surface area contributed by atoms with E-state index in [9.17, 15) is 4.79 Å². The van der Waals surface area contributed by atoms with E-state index in [-0.39, 0.29) is 11.3 Å². The third-order valence-corrected chi connectivity index (χ3v) is 5.79. The van der Waals surface area contributed by atoms with Crippen LogP contribution in [0.15, 0.2) is 29.4 Å². The molecule has 6 nitrogen and oxygen atoms in total. The fraction of sp³-hybridized carbons (Fsp3) is 0.522. The summed E-state index contributed by atoms with van der Waals surface area (Å²) in [4.78, 5) is 15.9. The molecular weight excluding hydrogens is 394 g/mol. The average Bonchev–Trinajstić information content (AvgIpc) is 3.27. The molecule has 0 atom stereocenters. The molecule has 7 heteroatoms. The van der Waals surface area contributed by atoms with Crippen LogP contribution in [0.25, 0.3) is 10.9 Å². The van der Waals surface area contributed by atoms with E-state index < -0.39 is 0 Å². The Balaban J connectivity index is 1.58. The molecule has 2 aromatic heterocycles. The highest BCUT2D eigenvalue weighted by Gasteiger charge is 2.16. The third-order valence-electron chi connectivity index (χ3n) is 5.12. The number of nitrogens with one attached hydrogen (secondary N) is 2. The molecule has 0 unspecified atom stereocenters. The molecule has 0 aliphatic rings. The summed E-state index contributed by atoms with van der Waals surface area (Å²) in [5.74, 6) is 1.45. The highest BCUT2D eigenvalue weighted by atomic mass is 32.2. The van der Waals surface area contributed by atoms with Gasteiger partial charge < -0.3 is 14.9 Å². The summed E-state index contributed by atoms with van der Waals surface area (Å²) >= 11 is 1.62. The largest absolute Gasteiger partial charge is 0.351 e. The number of nitrogens with zero attached hydrogens (tertiary/aromatic N) is 3. The molecule has 162 valence electrons. The lowest BCUT2D eigenvalue weighted by Crippen LogP contribution is -2.25. The quantitative estimate of drug-likeness (QED) is 0.400. The van der Waals surface area contributed by atoms with E-state index in [1.807, 2.05) is 12.3 Å². The number of H-pyrrole nitrogens is 1. The van der Waals surface area contributed by atoms with Crippen molar-refractivity contribution >= 4 is 28.6 Å². The minimum absolute atomic E-state index is 0.0723. The molecule has 30 heavy (non-hydrogen) atoms. The topological polar surface area (TPSA) is 75.6 Å². The Morgan fingerprint density at radius 3 is 2.67 bits per heavy atom. The Labute approximate surface area is 183 Å². The van der Waals surface area contributed by atoms with Gasteiger partial charge in [-0.3, -0.25) is 4.79 Å². The van der Waals surface area contributed by atoms with Crippen molar-refractivity contribution in [3.8, 4) is 0 Å². The molecule has 0 fully saturated rings. The van der Waals surface area contributed by atoms with Crippen LogP contribution in [0, 0.1) is 5.92 Å². The van der Waals surface area contributed by atoms with Crippen LogP contribution in [0.4, 0.5) is 0 Å². The Morgan fingerprint density at radius 1 is 1.23 bits per heavy atom. The number of aromatic amines is 1. The number of carbonyl (C=O) groups is 1. The van der Waals surface area contributed by atoms with E-state index in [0.29, 0.717) is 18.2 Å². The first-order valence-electron chi connectivity index (χ1n) is 10.6. The first-order chi connectivity index (χ1) is 14.2. The van der Waals surface area contributed by atoms with E-state index in [2.05, 4.69) is 77.9 Å². The molecule has 2 heterocycles. The van der Waals surface area contributed by atoms with Gasteiger partial charge in [-0.15, -0.1) is 10.2 Å². The van der Waals surface area contributed by atoms with Gasteiger partial charge in [-0.05, 0) is 41.7 Å². The summed E-state index contributed by atoms with van der Waals surface area (Å²) < 4.78 is 2.20. The van der Waals surface area contributed by atoms with Crippen molar-refractivity contribution in [3.63, 3.8) is 0 Å². The molecule has 3 rings (SSSR count). The second-order valence-corrected chi connectivity index (χ2v) is 9.98. The highest BCUT2D eigenvalue weighted by Crippen LogP contribution is 2.26. The number of thioether (sulfide) groups is 1. The summed E-state index contributed by atoms with van der Waals surface area (Å²) in [6.07, 6.45) is 3.64. The molecule has 0 aliphatic heterocycles. The predicted molar refractivity (Wildman–Crippen MR) is 124 cm³/mol. The second-order valence-electron chi connectivity index (χ2n) is 9.20. The molecule has 3 aromatic rings. The number of aromatic nitrogens is 4. The molecule has 0 bridgehead atoms. The SMILES string of the molecule is CSc1nnc(CCCNC(=O)c2cc3ccc(C(C)(C)C)cc3[nH]2)n1CC(C)C. The minimum Gasteiger partial charge on any atom is -0.351 e. The van der Waals surface area contributed by atoms with Crippen molar-refractivity contribution in [2.45, 2.75) is 64.6 Å². The van der Waals surface area contributed by atoms with Crippen molar-refractivity contribution in [1.82, 2.24) is 25.1 Å². The van der Waals surface area contributed by atoms with Crippen LogP contribution in [-0.2, 0) is 18.4 Å². The Bertz CT molecular complexity index is 1010. The number of aryl methyl sites for hydroxylation is 1. The van der Waals surface area contributed by atoms with E-state index in [4.69, 9.17) is 0 Å². The number of fused-ring (bicyclic) bond motifs is 1. The third kappa shape index (κ3) is 5.25. The number of carbonyl (C=O) groups excluding carboxylic acids is 1. The summed E-state index contributed by atoms with van der Waals surface area (Å²) in [7, 11) is 0. The lowest BCUT2D eigenvalue weighted by molar-refractivity contribution is 0.0949. The van der Waals surface area contributed by atoms with Crippen LogP contribution >= 0.6 is 11.8 Å². The maximum Gasteiger partial charge on any atom is 0.267 e. The van der Waals surface area contributed by atoms with Crippen molar-refractivity contribution in [2.75, 3.05) is 12.8 Å². The van der Waals surface area contributed by atoms with Gasteiger partial charge in [0, 0.05) is 30.4 Å². The monoisotopic (exact) mass is 427 g/mol. The molecule has 1 amide bonds. The Hall–Kier alpha value is -2.28. The number of hydrogen-bond acceptors (Lipinski definition) is 4. The number of amides is 1. The maximum absolute atomic E-state index is 12.6.